The highest BCUT2D eigenvalue weighted by Gasteiger charge is 2.51. The van der Waals surface area contributed by atoms with E-state index in [9.17, 15) is 14.4 Å². The summed E-state index contributed by atoms with van der Waals surface area (Å²) < 4.78 is 11.3. The van der Waals surface area contributed by atoms with E-state index in [1.54, 1.807) is 13.8 Å². The molecule has 2 aliphatic rings. The van der Waals surface area contributed by atoms with Crippen molar-refractivity contribution in [1.29, 1.82) is 0 Å². The van der Waals surface area contributed by atoms with Crippen LogP contribution in [0.25, 0.3) is 0 Å². The predicted molar refractivity (Wildman–Crippen MR) is 127 cm³/mol. The Morgan fingerprint density at radius 3 is 2.41 bits per heavy atom. The van der Waals surface area contributed by atoms with Crippen molar-refractivity contribution in [3.8, 4) is 0 Å². The number of cyclic esters (lactones) is 1. The maximum atomic E-state index is 13.4. The molecule has 180 valence electrons. The number of hydrogen-bond donors (Lipinski definition) is 1. The fraction of sp³-hybridized carbons (Fsp3) is 0.444. The van der Waals surface area contributed by atoms with E-state index in [4.69, 9.17) is 9.47 Å². The normalized spacial score (nSPS) is 23.6. The van der Waals surface area contributed by atoms with Gasteiger partial charge in [-0.15, -0.1) is 0 Å². The van der Waals surface area contributed by atoms with Gasteiger partial charge in [0.05, 0.1) is 11.5 Å². The third-order valence-electron chi connectivity index (χ3n) is 6.85. The molecule has 2 aromatic rings. The Balaban J connectivity index is 1.44. The second-order valence-corrected chi connectivity index (χ2v) is 9.72. The van der Waals surface area contributed by atoms with Crippen molar-refractivity contribution in [3.05, 3.63) is 70.8 Å². The van der Waals surface area contributed by atoms with Gasteiger partial charge in [-0.2, -0.15) is 0 Å². The summed E-state index contributed by atoms with van der Waals surface area (Å²) in [5.74, 6) is -1.44. The quantitative estimate of drug-likeness (QED) is 0.665. The van der Waals surface area contributed by atoms with Gasteiger partial charge in [0, 0.05) is 13.0 Å². The molecule has 7 nitrogen and oxygen atoms in total. The average Bonchev–Trinajstić information content (AvgIpc) is 3.32. The Morgan fingerprint density at radius 1 is 1.06 bits per heavy atom. The van der Waals surface area contributed by atoms with Crippen LogP contribution in [0.4, 0.5) is 0 Å². The number of aryl methyl sites for hydroxylation is 2. The van der Waals surface area contributed by atoms with Crippen LogP contribution in [0.15, 0.2) is 48.5 Å². The van der Waals surface area contributed by atoms with E-state index in [2.05, 4.69) is 5.32 Å². The van der Waals surface area contributed by atoms with Gasteiger partial charge in [-0.1, -0.05) is 48.5 Å². The van der Waals surface area contributed by atoms with E-state index in [-0.39, 0.29) is 30.4 Å². The van der Waals surface area contributed by atoms with Crippen LogP contribution in [0.1, 0.15) is 42.5 Å². The highest BCUT2D eigenvalue weighted by atomic mass is 16.6. The van der Waals surface area contributed by atoms with Crippen LogP contribution in [0, 0.1) is 19.8 Å². The molecular weight excluding hydrogens is 432 g/mol. The average molecular weight is 465 g/mol. The van der Waals surface area contributed by atoms with Crippen LogP contribution < -0.4 is 5.32 Å². The maximum absolute atomic E-state index is 13.4. The van der Waals surface area contributed by atoms with E-state index in [0.29, 0.717) is 19.4 Å². The lowest BCUT2D eigenvalue weighted by Gasteiger charge is -2.30. The van der Waals surface area contributed by atoms with E-state index in [0.717, 1.165) is 22.3 Å². The number of benzene rings is 2. The number of ether oxygens (including phenoxy) is 2. The summed E-state index contributed by atoms with van der Waals surface area (Å²) in [6, 6.07) is 14.8. The summed E-state index contributed by atoms with van der Waals surface area (Å²) in [5, 5.41) is 2.98. The molecule has 3 atom stereocenters. The van der Waals surface area contributed by atoms with Gasteiger partial charge in [0.2, 0.25) is 5.91 Å². The first-order valence-electron chi connectivity index (χ1n) is 11.7. The number of nitrogens with zero attached hydrogens (tertiary/aromatic N) is 1. The van der Waals surface area contributed by atoms with Crippen LogP contribution in [-0.2, 0) is 36.8 Å². The Kier molecular flexibility index (Phi) is 6.75. The summed E-state index contributed by atoms with van der Waals surface area (Å²) in [5.41, 5.74) is 3.40. The largest absolute Gasteiger partial charge is 0.452 e. The summed E-state index contributed by atoms with van der Waals surface area (Å²) in [4.78, 5) is 40.5. The summed E-state index contributed by atoms with van der Waals surface area (Å²) in [6.07, 6.45) is -0.0987. The zero-order valence-corrected chi connectivity index (χ0v) is 20.2. The lowest BCUT2D eigenvalue weighted by Crippen LogP contribution is -2.55. The molecule has 4 rings (SSSR count). The van der Waals surface area contributed by atoms with Crippen LogP contribution in [0.5, 0.6) is 0 Å². The highest BCUT2D eigenvalue weighted by molar-refractivity contribution is 5.93. The predicted octanol–water partition coefficient (Wildman–Crippen LogP) is 3.06. The van der Waals surface area contributed by atoms with Crippen LogP contribution in [-0.4, -0.2) is 47.2 Å². The van der Waals surface area contributed by atoms with Gasteiger partial charge in [-0.05, 0) is 56.4 Å². The molecular formula is C27H32N2O5. The van der Waals surface area contributed by atoms with Crippen LogP contribution in [0.2, 0.25) is 0 Å². The number of rotatable bonds is 6. The molecule has 2 aliphatic heterocycles. The number of amides is 2. The van der Waals surface area contributed by atoms with Gasteiger partial charge in [0.15, 0.2) is 6.10 Å². The summed E-state index contributed by atoms with van der Waals surface area (Å²) in [7, 11) is 0. The van der Waals surface area contributed by atoms with Crippen molar-refractivity contribution in [2.75, 3.05) is 6.73 Å². The minimum atomic E-state index is -0.910. The second-order valence-electron chi connectivity index (χ2n) is 9.72. The smallest absolute Gasteiger partial charge is 0.310 e. The third kappa shape index (κ3) is 4.85. The first-order valence-corrected chi connectivity index (χ1v) is 11.7. The second kappa shape index (κ2) is 9.58. The standard InChI is InChI=1S/C27H32N2O5/c1-17-9-8-10-18(2)21(17)15-28-24(30)23-27(3,4)33-16-29(23)25(31)22-14-20(26(32)34-22)13-19-11-6-5-7-12-19/h5-12,20,22-23H,13-16H2,1-4H3,(H,28,30)/t20-,22+,23-/m1/s1. The number of carbonyl (C=O) groups is 3. The van der Waals surface area contributed by atoms with Crippen molar-refractivity contribution in [2.24, 2.45) is 5.92 Å². The van der Waals surface area contributed by atoms with Gasteiger partial charge in [0.1, 0.15) is 12.8 Å². The molecule has 2 aromatic carbocycles. The highest BCUT2D eigenvalue weighted by Crippen LogP contribution is 2.32. The molecule has 1 N–H and O–H groups in total. The van der Waals surface area contributed by atoms with Gasteiger partial charge in [0.25, 0.3) is 5.91 Å². The minimum absolute atomic E-state index is 0.0231. The Hall–Kier alpha value is -3.19. The Labute approximate surface area is 200 Å². The van der Waals surface area contributed by atoms with Crippen LogP contribution >= 0.6 is 0 Å². The number of esters is 1. The molecule has 0 radical (unpaired) electrons. The topological polar surface area (TPSA) is 84.9 Å². The SMILES string of the molecule is Cc1cccc(C)c1CNC(=O)[C@H]1N(C(=O)[C@@H]2C[C@@H](Cc3ccccc3)C(=O)O2)COC1(C)C. The van der Waals surface area contributed by atoms with E-state index >= 15 is 0 Å². The molecule has 0 spiro atoms. The van der Waals surface area contributed by atoms with Gasteiger partial charge >= 0.3 is 5.97 Å². The van der Waals surface area contributed by atoms with Crippen molar-refractivity contribution in [3.63, 3.8) is 0 Å². The lowest BCUT2D eigenvalue weighted by molar-refractivity contribution is -0.156. The molecule has 2 amide bonds. The molecule has 0 unspecified atom stereocenters. The van der Waals surface area contributed by atoms with Gasteiger partial charge < -0.3 is 19.7 Å². The van der Waals surface area contributed by atoms with Crippen molar-refractivity contribution >= 4 is 17.8 Å². The number of nitrogens with one attached hydrogen (secondary N) is 1. The van der Waals surface area contributed by atoms with Gasteiger partial charge in [-0.3, -0.25) is 14.4 Å². The van der Waals surface area contributed by atoms with Crippen molar-refractivity contribution in [1.82, 2.24) is 10.2 Å². The fourth-order valence-electron chi connectivity index (χ4n) is 4.85. The fourth-order valence-corrected chi connectivity index (χ4v) is 4.85. The summed E-state index contributed by atoms with van der Waals surface area (Å²) in [6.45, 7) is 7.94. The third-order valence-corrected chi connectivity index (χ3v) is 6.85. The van der Waals surface area contributed by atoms with Gasteiger partial charge in [-0.25, -0.2) is 0 Å². The maximum Gasteiger partial charge on any atom is 0.310 e. The molecule has 0 aromatic heterocycles. The van der Waals surface area contributed by atoms with E-state index in [1.807, 2.05) is 62.4 Å². The van der Waals surface area contributed by atoms with Crippen molar-refractivity contribution in [2.45, 2.75) is 64.8 Å². The van der Waals surface area contributed by atoms with Crippen LogP contribution in [0.3, 0.4) is 0 Å². The minimum Gasteiger partial charge on any atom is -0.452 e. The molecule has 0 bridgehead atoms. The lowest BCUT2D eigenvalue weighted by atomic mass is 9.94. The summed E-state index contributed by atoms with van der Waals surface area (Å²) >= 11 is 0. The number of carbonyl (C=O) groups excluding carboxylic acids is 3. The zero-order chi connectivity index (χ0) is 24.5. The molecule has 2 heterocycles. The molecule has 0 saturated carbocycles. The van der Waals surface area contributed by atoms with Crippen molar-refractivity contribution < 1.29 is 23.9 Å². The molecule has 34 heavy (non-hydrogen) atoms. The Morgan fingerprint density at radius 2 is 1.74 bits per heavy atom. The first-order chi connectivity index (χ1) is 16.2. The van der Waals surface area contributed by atoms with E-state index in [1.165, 1.54) is 4.90 Å². The Bertz CT molecular complexity index is 1060. The molecule has 0 aliphatic carbocycles. The first kappa shape index (κ1) is 24.0. The van der Waals surface area contributed by atoms with E-state index < -0.39 is 17.7 Å². The zero-order valence-electron chi connectivity index (χ0n) is 20.2. The molecule has 7 heteroatoms. The molecule has 2 saturated heterocycles. The number of hydrogen-bond acceptors (Lipinski definition) is 5. The molecule has 2 fully saturated rings. The monoisotopic (exact) mass is 464 g/mol.